The topological polar surface area (TPSA) is 39.5 Å². The molecule has 1 aromatic heterocycles. The van der Waals surface area contributed by atoms with Crippen molar-refractivity contribution in [3.05, 3.63) is 101 Å². The first-order valence-corrected chi connectivity index (χ1v) is 10.9. The third-order valence-corrected chi connectivity index (χ3v) is 5.69. The predicted octanol–water partition coefficient (Wildman–Crippen LogP) is 5.91. The Morgan fingerprint density at radius 1 is 0.970 bits per heavy atom. The second-order valence-electron chi connectivity index (χ2n) is 7.68. The van der Waals surface area contributed by atoms with Crippen LogP contribution in [0.2, 0.25) is 5.02 Å². The monoisotopic (exact) mass is 465 g/mol. The molecular formula is C26H25ClFN3O2. The molecule has 0 atom stereocenters. The van der Waals surface area contributed by atoms with Gasteiger partial charge in [0.15, 0.2) is 0 Å². The van der Waals surface area contributed by atoms with Crippen molar-refractivity contribution in [2.24, 2.45) is 0 Å². The number of nitrogens with zero attached hydrogens (tertiary/aromatic N) is 3. The van der Waals surface area contributed by atoms with Crippen LogP contribution in [0.25, 0.3) is 5.69 Å². The van der Waals surface area contributed by atoms with E-state index in [1.54, 1.807) is 20.3 Å². The van der Waals surface area contributed by atoms with Gasteiger partial charge >= 0.3 is 0 Å². The van der Waals surface area contributed by atoms with E-state index in [1.807, 2.05) is 66.3 Å². The Morgan fingerprint density at radius 3 is 2.36 bits per heavy atom. The van der Waals surface area contributed by atoms with E-state index in [0.717, 1.165) is 34.2 Å². The van der Waals surface area contributed by atoms with E-state index in [-0.39, 0.29) is 5.82 Å². The molecule has 0 saturated carbocycles. The van der Waals surface area contributed by atoms with Gasteiger partial charge in [0, 0.05) is 41.6 Å². The number of methoxy groups -OCH3 is 2. The van der Waals surface area contributed by atoms with E-state index in [2.05, 4.69) is 4.90 Å². The smallest absolute Gasteiger partial charge is 0.123 e. The van der Waals surface area contributed by atoms with Gasteiger partial charge in [0.05, 0.1) is 26.5 Å². The normalized spacial score (nSPS) is 10.8. The molecule has 7 heteroatoms. The number of hydrogen-bond acceptors (Lipinski definition) is 4. The van der Waals surface area contributed by atoms with Crippen LogP contribution >= 0.6 is 11.6 Å². The number of aromatic nitrogens is 2. The maximum absolute atomic E-state index is 14.0. The lowest BCUT2D eigenvalue weighted by Gasteiger charge is -2.18. The van der Waals surface area contributed by atoms with Crippen LogP contribution in [0.4, 0.5) is 10.1 Å². The number of ether oxygens (including phenoxy) is 2. The molecule has 4 aromatic rings. The van der Waals surface area contributed by atoms with Crippen molar-refractivity contribution >= 4 is 17.3 Å². The van der Waals surface area contributed by atoms with Gasteiger partial charge in [-0.05, 0) is 66.7 Å². The summed E-state index contributed by atoms with van der Waals surface area (Å²) in [5, 5.41) is 0.659. The molecule has 0 spiro atoms. The van der Waals surface area contributed by atoms with Crippen molar-refractivity contribution < 1.29 is 13.9 Å². The predicted molar refractivity (Wildman–Crippen MR) is 129 cm³/mol. The lowest BCUT2D eigenvalue weighted by atomic mass is 10.1. The Balaban J connectivity index is 1.67. The van der Waals surface area contributed by atoms with E-state index in [4.69, 9.17) is 26.1 Å². The zero-order valence-electron chi connectivity index (χ0n) is 18.8. The zero-order valence-corrected chi connectivity index (χ0v) is 19.5. The highest BCUT2D eigenvalue weighted by atomic mass is 35.5. The number of anilines is 1. The molecule has 0 aliphatic rings. The third kappa shape index (κ3) is 5.29. The average Bonchev–Trinajstić information content (AvgIpc) is 3.21. The van der Waals surface area contributed by atoms with Crippen molar-refractivity contribution in [1.29, 1.82) is 0 Å². The van der Waals surface area contributed by atoms with Gasteiger partial charge in [-0.2, -0.15) is 0 Å². The first kappa shape index (κ1) is 22.7. The average molecular weight is 466 g/mol. The minimum absolute atomic E-state index is 0.310. The second-order valence-corrected chi connectivity index (χ2v) is 8.12. The van der Waals surface area contributed by atoms with Crippen LogP contribution in [-0.4, -0.2) is 30.8 Å². The Kier molecular flexibility index (Phi) is 6.84. The summed E-state index contributed by atoms with van der Waals surface area (Å²) in [5.74, 6) is 1.90. The second kappa shape index (κ2) is 9.96. The molecule has 5 nitrogen and oxygen atoms in total. The zero-order chi connectivity index (χ0) is 23.4. The molecular weight excluding hydrogens is 441 g/mol. The number of hydrogen-bond donors (Lipinski definition) is 0. The minimum atomic E-state index is -0.310. The molecule has 0 amide bonds. The number of imidazole rings is 1. The minimum Gasteiger partial charge on any atom is -0.497 e. The maximum atomic E-state index is 14.0. The van der Waals surface area contributed by atoms with Crippen molar-refractivity contribution in [1.82, 2.24) is 9.55 Å². The van der Waals surface area contributed by atoms with Gasteiger partial charge in [-0.3, -0.25) is 0 Å². The van der Waals surface area contributed by atoms with E-state index in [9.17, 15) is 4.39 Å². The molecule has 0 bridgehead atoms. The molecule has 0 fully saturated rings. The SMILES string of the molecule is COc1ccc(N(C)Cc2cn(-c3ccc(Cl)cc3)c(Cc3cc(F)ccc3OC)n2)cc1. The molecule has 3 aromatic carbocycles. The summed E-state index contributed by atoms with van der Waals surface area (Å²) in [6.07, 6.45) is 2.42. The lowest BCUT2D eigenvalue weighted by Crippen LogP contribution is -2.16. The number of halogens is 2. The third-order valence-electron chi connectivity index (χ3n) is 5.44. The molecule has 0 aliphatic heterocycles. The Morgan fingerprint density at radius 2 is 1.70 bits per heavy atom. The lowest BCUT2D eigenvalue weighted by molar-refractivity contribution is 0.409. The standard InChI is InChI=1S/C26H25ClFN3O2/c1-30(22-9-11-24(32-2)12-10-22)16-21-17-31(23-7-4-19(27)5-8-23)26(29-21)15-18-14-20(28)6-13-25(18)33-3/h4-14,17H,15-16H2,1-3H3. The fraction of sp³-hybridized carbons (Fsp3) is 0.192. The van der Waals surface area contributed by atoms with Crippen LogP contribution in [0.5, 0.6) is 11.5 Å². The highest BCUT2D eigenvalue weighted by molar-refractivity contribution is 6.30. The summed E-state index contributed by atoms with van der Waals surface area (Å²) < 4.78 is 26.7. The van der Waals surface area contributed by atoms with Crippen LogP contribution in [-0.2, 0) is 13.0 Å². The number of benzene rings is 3. The summed E-state index contributed by atoms with van der Waals surface area (Å²) in [6.45, 7) is 0.597. The summed E-state index contributed by atoms with van der Waals surface area (Å²) in [6, 6.07) is 19.9. The molecule has 0 unspecified atom stereocenters. The number of rotatable bonds is 8. The van der Waals surface area contributed by atoms with E-state index in [1.165, 1.54) is 12.1 Å². The molecule has 1 heterocycles. The highest BCUT2D eigenvalue weighted by Gasteiger charge is 2.15. The maximum Gasteiger partial charge on any atom is 0.123 e. The molecule has 0 N–H and O–H groups in total. The van der Waals surface area contributed by atoms with Crippen molar-refractivity contribution in [3.8, 4) is 17.2 Å². The quantitative estimate of drug-likeness (QED) is 0.324. The fourth-order valence-corrected chi connectivity index (χ4v) is 3.85. The Labute approximate surface area is 198 Å². The van der Waals surface area contributed by atoms with Crippen LogP contribution in [0.3, 0.4) is 0 Å². The van der Waals surface area contributed by atoms with E-state index in [0.29, 0.717) is 23.7 Å². The van der Waals surface area contributed by atoms with Crippen molar-refractivity contribution in [3.63, 3.8) is 0 Å². The van der Waals surface area contributed by atoms with Crippen molar-refractivity contribution in [2.45, 2.75) is 13.0 Å². The summed E-state index contributed by atoms with van der Waals surface area (Å²) in [5.41, 5.74) is 3.59. The highest BCUT2D eigenvalue weighted by Crippen LogP contribution is 2.26. The molecule has 33 heavy (non-hydrogen) atoms. The van der Waals surface area contributed by atoms with Crippen LogP contribution < -0.4 is 14.4 Å². The van der Waals surface area contributed by atoms with E-state index >= 15 is 0 Å². The van der Waals surface area contributed by atoms with Gasteiger partial charge in [-0.15, -0.1) is 0 Å². The first-order chi connectivity index (χ1) is 16.0. The van der Waals surface area contributed by atoms with Gasteiger partial charge < -0.3 is 18.9 Å². The molecule has 0 aliphatic carbocycles. The van der Waals surface area contributed by atoms with Crippen LogP contribution in [0, 0.1) is 5.82 Å². The summed E-state index contributed by atoms with van der Waals surface area (Å²) in [4.78, 5) is 7.01. The Hall–Kier alpha value is -3.51. The first-order valence-electron chi connectivity index (χ1n) is 10.5. The Bertz CT molecular complexity index is 1220. The van der Waals surface area contributed by atoms with Gasteiger partial charge in [0.1, 0.15) is 23.1 Å². The molecule has 0 radical (unpaired) electrons. The molecule has 0 saturated heterocycles. The summed E-state index contributed by atoms with van der Waals surface area (Å²) >= 11 is 6.09. The molecule has 170 valence electrons. The van der Waals surface area contributed by atoms with Gasteiger partial charge in [-0.1, -0.05) is 11.6 Å². The fourth-order valence-electron chi connectivity index (χ4n) is 3.72. The van der Waals surface area contributed by atoms with Gasteiger partial charge in [-0.25, -0.2) is 9.37 Å². The van der Waals surface area contributed by atoms with Crippen LogP contribution in [0.15, 0.2) is 72.9 Å². The molecule has 4 rings (SSSR count). The van der Waals surface area contributed by atoms with E-state index < -0.39 is 0 Å². The summed E-state index contributed by atoms with van der Waals surface area (Å²) in [7, 11) is 5.24. The van der Waals surface area contributed by atoms with Crippen molar-refractivity contribution in [2.75, 3.05) is 26.2 Å². The van der Waals surface area contributed by atoms with Crippen LogP contribution in [0.1, 0.15) is 17.1 Å². The largest absolute Gasteiger partial charge is 0.497 e. The van der Waals surface area contributed by atoms with Gasteiger partial charge in [0.2, 0.25) is 0 Å². The van der Waals surface area contributed by atoms with Gasteiger partial charge in [0.25, 0.3) is 0 Å².